The Hall–Kier alpha value is -1.15. The van der Waals surface area contributed by atoms with Gasteiger partial charge in [0.25, 0.3) is 0 Å². The number of carbonyl (C=O) groups is 1. The van der Waals surface area contributed by atoms with Gasteiger partial charge in [0.2, 0.25) is 15.9 Å². The standard InChI is InChI=1S/C19H31N3O3S.ClH/c1-18(2,3)15-5-7-16(8-6-15)26(24,25)21-11-9-17(23)22-12-10-19(4,13-20)14-22;/h5-8,21H,9-14,20H2,1-4H3;1H. The molecular formula is C19H32ClN3O3S. The van der Waals surface area contributed by atoms with Crippen LogP contribution in [0.4, 0.5) is 0 Å². The van der Waals surface area contributed by atoms with Gasteiger partial charge in [0, 0.05) is 26.1 Å². The molecule has 1 saturated heterocycles. The lowest BCUT2D eigenvalue weighted by Crippen LogP contribution is -2.36. The highest BCUT2D eigenvalue weighted by molar-refractivity contribution is 7.89. The third kappa shape index (κ3) is 6.17. The molecule has 0 radical (unpaired) electrons. The van der Waals surface area contributed by atoms with Gasteiger partial charge in [-0.15, -0.1) is 12.4 Å². The fourth-order valence-electron chi connectivity index (χ4n) is 3.07. The van der Waals surface area contributed by atoms with E-state index in [0.717, 1.165) is 12.0 Å². The van der Waals surface area contributed by atoms with Crippen LogP contribution in [0.5, 0.6) is 0 Å². The number of likely N-dealkylation sites (tertiary alicyclic amines) is 1. The molecule has 1 aromatic carbocycles. The van der Waals surface area contributed by atoms with Crippen LogP contribution in [0.25, 0.3) is 0 Å². The first-order chi connectivity index (χ1) is 12.0. The molecule has 154 valence electrons. The topological polar surface area (TPSA) is 92.5 Å². The first-order valence-electron chi connectivity index (χ1n) is 9.05. The summed E-state index contributed by atoms with van der Waals surface area (Å²) < 4.78 is 27.3. The number of benzene rings is 1. The van der Waals surface area contributed by atoms with E-state index in [1.54, 1.807) is 17.0 Å². The van der Waals surface area contributed by atoms with Crippen LogP contribution in [-0.4, -0.2) is 45.4 Å². The predicted molar refractivity (Wildman–Crippen MR) is 111 cm³/mol. The number of amides is 1. The summed E-state index contributed by atoms with van der Waals surface area (Å²) in [6, 6.07) is 6.88. The van der Waals surface area contributed by atoms with Gasteiger partial charge in [-0.25, -0.2) is 13.1 Å². The van der Waals surface area contributed by atoms with Gasteiger partial charge in [-0.05, 0) is 41.5 Å². The molecule has 6 nitrogen and oxygen atoms in total. The molecule has 0 spiro atoms. The molecule has 1 amide bonds. The van der Waals surface area contributed by atoms with Crippen molar-refractivity contribution in [2.75, 3.05) is 26.2 Å². The van der Waals surface area contributed by atoms with E-state index in [2.05, 4.69) is 32.4 Å². The van der Waals surface area contributed by atoms with Crippen LogP contribution in [0, 0.1) is 5.41 Å². The second-order valence-corrected chi connectivity index (χ2v) is 10.3. The third-order valence-electron chi connectivity index (χ3n) is 5.06. The maximum Gasteiger partial charge on any atom is 0.240 e. The van der Waals surface area contributed by atoms with Gasteiger partial charge in [-0.3, -0.25) is 4.79 Å². The Labute approximate surface area is 169 Å². The Bertz CT molecular complexity index is 744. The normalized spacial score (nSPS) is 20.4. The summed E-state index contributed by atoms with van der Waals surface area (Å²) in [5, 5.41) is 0. The van der Waals surface area contributed by atoms with Crippen LogP contribution in [0.2, 0.25) is 0 Å². The van der Waals surface area contributed by atoms with Crippen molar-refractivity contribution in [3.05, 3.63) is 29.8 Å². The van der Waals surface area contributed by atoms with Crippen LogP contribution < -0.4 is 10.5 Å². The molecule has 1 atom stereocenters. The molecule has 0 bridgehead atoms. The van der Waals surface area contributed by atoms with E-state index in [1.165, 1.54) is 0 Å². The molecule has 0 saturated carbocycles. The first kappa shape index (κ1) is 23.9. The molecule has 1 fully saturated rings. The molecule has 1 aliphatic heterocycles. The van der Waals surface area contributed by atoms with Crippen molar-refractivity contribution in [1.29, 1.82) is 0 Å². The molecule has 1 aromatic rings. The number of carbonyl (C=O) groups excluding carboxylic acids is 1. The van der Waals surface area contributed by atoms with Gasteiger partial charge >= 0.3 is 0 Å². The summed E-state index contributed by atoms with van der Waals surface area (Å²) in [4.78, 5) is 14.3. The second kappa shape index (κ2) is 8.90. The fourth-order valence-corrected chi connectivity index (χ4v) is 4.10. The highest BCUT2D eigenvalue weighted by Gasteiger charge is 2.34. The summed E-state index contributed by atoms with van der Waals surface area (Å²) in [5.41, 5.74) is 6.78. The van der Waals surface area contributed by atoms with Crippen LogP contribution in [0.3, 0.4) is 0 Å². The largest absolute Gasteiger partial charge is 0.342 e. The van der Waals surface area contributed by atoms with E-state index < -0.39 is 10.0 Å². The lowest BCUT2D eigenvalue weighted by atomic mass is 9.87. The van der Waals surface area contributed by atoms with Crippen molar-refractivity contribution < 1.29 is 13.2 Å². The molecule has 0 aromatic heterocycles. The number of hydrogen-bond donors (Lipinski definition) is 2. The average molecular weight is 418 g/mol. The van der Waals surface area contributed by atoms with E-state index in [-0.39, 0.29) is 47.0 Å². The molecule has 27 heavy (non-hydrogen) atoms. The van der Waals surface area contributed by atoms with Gasteiger partial charge < -0.3 is 10.6 Å². The van der Waals surface area contributed by atoms with E-state index in [0.29, 0.717) is 19.6 Å². The van der Waals surface area contributed by atoms with Crippen molar-refractivity contribution in [1.82, 2.24) is 9.62 Å². The number of hydrogen-bond acceptors (Lipinski definition) is 4. The maximum absolute atomic E-state index is 12.4. The van der Waals surface area contributed by atoms with Gasteiger partial charge in [-0.1, -0.05) is 39.8 Å². The summed E-state index contributed by atoms with van der Waals surface area (Å²) >= 11 is 0. The zero-order valence-electron chi connectivity index (χ0n) is 16.6. The lowest BCUT2D eigenvalue weighted by Gasteiger charge is -2.22. The highest BCUT2D eigenvalue weighted by Crippen LogP contribution is 2.28. The Balaban J connectivity index is 0.00000364. The van der Waals surface area contributed by atoms with Gasteiger partial charge in [0.15, 0.2) is 0 Å². The molecule has 2 rings (SSSR count). The molecule has 8 heteroatoms. The Morgan fingerprint density at radius 3 is 2.33 bits per heavy atom. The quantitative estimate of drug-likeness (QED) is 0.742. The van der Waals surface area contributed by atoms with E-state index >= 15 is 0 Å². The molecule has 3 N–H and O–H groups in total. The smallest absolute Gasteiger partial charge is 0.240 e. The van der Waals surface area contributed by atoms with Crippen LogP contribution in [0.15, 0.2) is 29.2 Å². The van der Waals surface area contributed by atoms with Crippen molar-refractivity contribution in [2.24, 2.45) is 11.1 Å². The highest BCUT2D eigenvalue weighted by atomic mass is 35.5. The average Bonchev–Trinajstić information content (AvgIpc) is 2.97. The number of halogens is 1. The minimum atomic E-state index is -3.61. The fraction of sp³-hybridized carbons (Fsp3) is 0.632. The predicted octanol–water partition coefficient (Wildman–Crippen LogP) is 2.27. The minimum absolute atomic E-state index is 0. The monoisotopic (exact) mass is 417 g/mol. The van der Waals surface area contributed by atoms with Crippen molar-refractivity contribution in [3.8, 4) is 0 Å². The third-order valence-corrected chi connectivity index (χ3v) is 6.54. The van der Waals surface area contributed by atoms with Crippen molar-refractivity contribution in [3.63, 3.8) is 0 Å². The van der Waals surface area contributed by atoms with E-state index in [9.17, 15) is 13.2 Å². The minimum Gasteiger partial charge on any atom is -0.342 e. The SMILES string of the molecule is CC1(CN)CCN(C(=O)CCNS(=O)(=O)c2ccc(C(C)(C)C)cc2)C1.Cl. The van der Waals surface area contributed by atoms with Crippen LogP contribution >= 0.6 is 12.4 Å². The first-order valence-corrected chi connectivity index (χ1v) is 10.5. The zero-order valence-corrected chi connectivity index (χ0v) is 18.3. The Morgan fingerprint density at radius 1 is 1.26 bits per heavy atom. The Morgan fingerprint density at radius 2 is 1.85 bits per heavy atom. The zero-order chi connectivity index (χ0) is 19.6. The van der Waals surface area contributed by atoms with E-state index in [1.807, 2.05) is 12.1 Å². The summed E-state index contributed by atoms with van der Waals surface area (Å²) in [7, 11) is -3.61. The molecule has 1 aliphatic rings. The second-order valence-electron chi connectivity index (χ2n) is 8.50. The maximum atomic E-state index is 12.4. The van der Waals surface area contributed by atoms with E-state index in [4.69, 9.17) is 5.73 Å². The number of nitrogens with one attached hydrogen (secondary N) is 1. The van der Waals surface area contributed by atoms with Crippen molar-refractivity contribution in [2.45, 2.75) is 50.8 Å². The number of nitrogens with two attached hydrogens (primary N) is 1. The summed E-state index contributed by atoms with van der Waals surface area (Å²) in [6.07, 6.45) is 1.04. The molecule has 1 unspecified atom stereocenters. The number of rotatable bonds is 6. The van der Waals surface area contributed by atoms with Gasteiger partial charge in [-0.2, -0.15) is 0 Å². The Kier molecular flexibility index (Phi) is 7.88. The molecule has 0 aliphatic carbocycles. The van der Waals surface area contributed by atoms with Gasteiger partial charge in [0.05, 0.1) is 4.90 Å². The molecular weight excluding hydrogens is 386 g/mol. The number of nitrogens with zero attached hydrogens (tertiary/aromatic N) is 1. The summed E-state index contributed by atoms with van der Waals surface area (Å²) in [6.45, 7) is 10.3. The van der Waals surface area contributed by atoms with Crippen LogP contribution in [-0.2, 0) is 20.2 Å². The lowest BCUT2D eigenvalue weighted by molar-refractivity contribution is -0.130. The molecule has 1 heterocycles. The summed E-state index contributed by atoms with van der Waals surface area (Å²) in [5.74, 6) is -0.0343. The van der Waals surface area contributed by atoms with Gasteiger partial charge in [0.1, 0.15) is 0 Å². The van der Waals surface area contributed by atoms with Crippen molar-refractivity contribution >= 4 is 28.3 Å². The van der Waals surface area contributed by atoms with Crippen LogP contribution in [0.1, 0.15) is 46.1 Å². The number of sulfonamides is 1.